The smallest absolute Gasteiger partial charge is 0.257 e. The van der Waals surface area contributed by atoms with E-state index in [0.717, 1.165) is 17.6 Å². The van der Waals surface area contributed by atoms with Gasteiger partial charge in [0.05, 0.1) is 25.2 Å². The van der Waals surface area contributed by atoms with Crippen LogP contribution < -0.4 is 9.47 Å². The van der Waals surface area contributed by atoms with Crippen molar-refractivity contribution in [2.75, 3.05) is 13.7 Å². The summed E-state index contributed by atoms with van der Waals surface area (Å²) in [5, 5.41) is 25.5. The number of ether oxygens (including phenoxy) is 4. The molecule has 0 amide bonds. The van der Waals surface area contributed by atoms with Gasteiger partial charge in [0.25, 0.3) is 5.88 Å². The Morgan fingerprint density at radius 2 is 1.94 bits per heavy atom. The first-order valence-corrected chi connectivity index (χ1v) is 13.2. The van der Waals surface area contributed by atoms with Gasteiger partial charge in [-0.05, 0) is 73.6 Å². The van der Waals surface area contributed by atoms with E-state index in [9.17, 15) is 10.2 Å². The SMILES string of the molecule is COc1cccnc1OC1C(C)=CC23C(C)CC4C(C(C=C5COC(C)(C)OC5C12O)C3O)C4(C)C. The summed E-state index contributed by atoms with van der Waals surface area (Å²) in [6.07, 6.45) is 4.52. The Labute approximate surface area is 213 Å². The predicted octanol–water partition coefficient (Wildman–Crippen LogP) is 3.90. The van der Waals surface area contributed by atoms with Crippen LogP contribution in [0.5, 0.6) is 11.6 Å². The quantitative estimate of drug-likeness (QED) is 0.612. The molecule has 1 spiro atoms. The van der Waals surface area contributed by atoms with E-state index in [-0.39, 0.29) is 17.3 Å². The second kappa shape index (κ2) is 7.56. The van der Waals surface area contributed by atoms with E-state index in [4.69, 9.17) is 18.9 Å². The molecule has 36 heavy (non-hydrogen) atoms. The second-order valence-electron chi connectivity index (χ2n) is 12.7. The number of aliphatic hydroxyl groups excluding tert-OH is 1. The summed E-state index contributed by atoms with van der Waals surface area (Å²) in [6.45, 7) is 12.8. The third-order valence-corrected chi connectivity index (χ3v) is 10.1. The first-order chi connectivity index (χ1) is 16.9. The molecule has 2 saturated carbocycles. The lowest BCUT2D eigenvalue weighted by Crippen LogP contribution is -2.69. The first kappa shape index (κ1) is 24.4. The van der Waals surface area contributed by atoms with Crippen LogP contribution in [0, 0.1) is 34.5 Å². The van der Waals surface area contributed by atoms with Gasteiger partial charge in [-0.1, -0.05) is 32.9 Å². The second-order valence-corrected chi connectivity index (χ2v) is 12.7. The summed E-state index contributed by atoms with van der Waals surface area (Å²) in [7, 11) is 1.57. The van der Waals surface area contributed by atoms with Crippen LogP contribution in [-0.4, -0.2) is 58.6 Å². The number of pyridine rings is 1. The van der Waals surface area contributed by atoms with Crippen LogP contribution in [0.1, 0.15) is 48.0 Å². The Kier molecular flexibility index (Phi) is 5.13. The molecule has 4 aliphatic carbocycles. The van der Waals surface area contributed by atoms with Crippen molar-refractivity contribution in [2.45, 2.75) is 77.7 Å². The molecule has 1 aromatic rings. The Balaban J connectivity index is 1.55. The maximum Gasteiger partial charge on any atom is 0.257 e. The zero-order valence-corrected chi connectivity index (χ0v) is 22.3. The maximum atomic E-state index is 13.1. The van der Waals surface area contributed by atoms with Crippen LogP contribution >= 0.6 is 0 Å². The Morgan fingerprint density at radius 1 is 1.19 bits per heavy atom. The fourth-order valence-electron chi connectivity index (χ4n) is 8.34. The van der Waals surface area contributed by atoms with Crippen molar-refractivity contribution in [1.29, 1.82) is 0 Å². The molecule has 5 aliphatic rings. The predicted molar refractivity (Wildman–Crippen MR) is 133 cm³/mol. The van der Waals surface area contributed by atoms with Crippen molar-refractivity contribution in [1.82, 2.24) is 4.98 Å². The zero-order chi connectivity index (χ0) is 25.8. The fraction of sp³-hybridized carbons (Fsp3) is 0.690. The summed E-state index contributed by atoms with van der Waals surface area (Å²) in [6, 6.07) is 3.57. The van der Waals surface area contributed by atoms with E-state index in [2.05, 4.69) is 37.9 Å². The van der Waals surface area contributed by atoms with Gasteiger partial charge in [-0.2, -0.15) is 0 Å². The van der Waals surface area contributed by atoms with E-state index in [0.29, 0.717) is 30.1 Å². The normalized spacial score (nSPS) is 45.6. The van der Waals surface area contributed by atoms with E-state index >= 15 is 0 Å². The fourth-order valence-corrected chi connectivity index (χ4v) is 8.34. The van der Waals surface area contributed by atoms with Crippen LogP contribution in [0.2, 0.25) is 0 Å². The van der Waals surface area contributed by atoms with Crippen molar-refractivity contribution in [3.05, 3.63) is 41.6 Å². The minimum Gasteiger partial charge on any atom is -0.491 e. The molecule has 196 valence electrons. The van der Waals surface area contributed by atoms with Crippen LogP contribution in [0.25, 0.3) is 0 Å². The lowest BCUT2D eigenvalue weighted by molar-refractivity contribution is -0.310. The van der Waals surface area contributed by atoms with Crippen LogP contribution in [0.15, 0.2) is 41.6 Å². The average molecular weight is 498 g/mol. The molecule has 7 heteroatoms. The molecule has 7 nitrogen and oxygen atoms in total. The highest BCUT2D eigenvalue weighted by molar-refractivity contribution is 5.45. The van der Waals surface area contributed by atoms with Crippen molar-refractivity contribution < 1.29 is 29.2 Å². The number of rotatable bonds is 3. The number of aromatic nitrogens is 1. The number of aliphatic hydroxyl groups is 2. The highest BCUT2D eigenvalue weighted by Gasteiger charge is 2.77. The molecule has 2 N–H and O–H groups in total. The summed E-state index contributed by atoms with van der Waals surface area (Å²) in [4.78, 5) is 4.42. The Morgan fingerprint density at radius 3 is 2.67 bits per heavy atom. The molecule has 2 bridgehead atoms. The minimum atomic E-state index is -1.58. The summed E-state index contributed by atoms with van der Waals surface area (Å²) in [5.74, 6) is 0.603. The molecule has 0 aromatic carbocycles. The van der Waals surface area contributed by atoms with Gasteiger partial charge in [-0.25, -0.2) is 4.98 Å². The van der Waals surface area contributed by atoms with E-state index in [1.165, 1.54) is 0 Å². The molecule has 9 unspecified atom stereocenters. The Bertz CT molecular complexity index is 1140. The van der Waals surface area contributed by atoms with Crippen LogP contribution in [0.3, 0.4) is 0 Å². The molecule has 3 fully saturated rings. The third-order valence-electron chi connectivity index (χ3n) is 10.1. The van der Waals surface area contributed by atoms with Crippen LogP contribution in [0.4, 0.5) is 0 Å². The summed E-state index contributed by atoms with van der Waals surface area (Å²) < 4.78 is 24.7. The van der Waals surface area contributed by atoms with E-state index in [1.54, 1.807) is 25.4 Å². The molecule has 0 radical (unpaired) electrons. The molecule has 1 saturated heterocycles. The van der Waals surface area contributed by atoms with E-state index < -0.39 is 35.1 Å². The van der Waals surface area contributed by atoms with Crippen molar-refractivity contribution in [3.8, 4) is 11.6 Å². The monoisotopic (exact) mass is 497 g/mol. The highest BCUT2D eigenvalue weighted by atomic mass is 16.7. The third kappa shape index (κ3) is 2.97. The van der Waals surface area contributed by atoms with Gasteiger partial charge in [0.1, 0.15) is 11.7 Å². The first-order valence-electron chi connectivity index (χ1n) is 13.2. The number of hydrogen-bond acceptors (Lipinski definition) is 7. The number of fused-ring (bicyclic) bond motifs is 5. The van der Waals surface area contributed by atoms with Gasteiger partial charge in [-0.15, -0.1) is 0 Å². The average Bonchev–Trinajstić information content (AvgIpc) is 3.31. The largest absolute Gasteiger partial charge is 0.491 e. The molecule has 1 aromatic heterocycles. The molecule has 1 aliphatic heterocycles. The lowest BCUT2D eigenvalue weighted by atomic mass is 9.58. The lowest BCUT2D eigenvalue weighted by Gasteiger charge is -2.55. The number of hydrogen-bond donors (Lipinski definition) is 2. The maximum absolute atomic E-state index is 13.1. The van der Waals surface area contributed by atoms with Gasteiger partial charge >= 0.3 is 0 Å². The topological polar surface area (TPSA) is 90.3 Å². The molecule has 6 rings (SSSR count). The van der Waals surface area contributed by atoms with Gasteiger partial charge in [0, 0.05) is 12.1 Å². The molecular weight excluding hydrogens is 458 g/mol. The van der Waals surface area contributed by atoms with E-state index in [1.807, 2.05) is 20.8 Å². The van der Waals surface area contributed by atoms with Crippen LogP contribution in [-0.2, 0) is 9.47 Å². The summed E-state index contributed by atoms with van der Waals surface area (Å²) in [5.41, 5.74) is -0.669. The molecular formula is C29H39NO6. The highest BCUT2D eigenvalue weighted by Crippen LogP contribution is 2.73. The summed E-state index contributed by atoms with van der Waals surface area (Å²) >= 11 is 0. The minimum absolute atomic E-state index is 0.00624. The molecule has 2 heterocycles. The van der Waals surface area contributed by atoms with Gasteiger partial charge in [0.2, 0.25) is 0 Å². The van der Waals surface area contributed by atoms with Crippen molar-refractivity contribution >= 4 is 0 Å². The van der Waals surface area contributed by atoms with Gasteiger partial charge in [-0.3, -0.25) is 0 Å². The van der Waals surface area contributed by atoms with Crippen molar-refractivity contribution in [2.24, 2.45) is 34.5 Å². The number of nitrogens with zero attached hydrogens (tertiary/aromatic N) is 1. The standard InChI is InChI=1S/C29H39NO6/c1-15-13-28-16(2)11-19-21(26(19,3)4)18(22(28)31)12-17-14-34-27(5,6)36-24(17)29(28,32)23(15)35-25-20(33-7)9-8-10-30-25/h8-10,12-13,16,18-19,21-24,31-32H,11,14H2,1-7H3. The zero-order valence-electron chi connectivity index (χ0n) is 22.3. The Hall–Kier alpha value is -1.93. The molecule has 9 atom stereocenters. The van der Waals surface area contributed by atoms with Gasteiger partial charge in [0.15, 0.2) is 17.6 Å². The van der Waals surface area contributed by atoms with Gasteiger partial charge < -0.3 is 29.2 Å². The van der Waals surface area contributed by atoms with Crippen molar-refractivity contribution in [3.63, 3.8) is 0 Å². The number of methoxy groups -OCH3 is 1.